The van der Waals surface area contributed by atoms with Gasteiger partial charge in [-0.05, 0) is 22.4 Å². The summed E-state index contributed by atoms with van der Waals surface area (Å²) < 4.78 is 0. The van der Waals surface area contributed by atoms with Crippen LogP contribution in [-0.4, -0.2) is 29.8 Å². The smallest absolute Gasteiger partial charge is 0.273 e. The number of nitrogens with zero attached hydrogens (tertiary/aromatic N) is 1. The van der Waals surface area contributed by atoms with E-state index < -0.39 is 17.8 Å². The zero-order chi connectivity index (χ0) is 15.0. The number of benzene rings is 2. The van der Waals surface area contributed by atoms with E-state index >= 15 is 0 Å². The van der Waals surface area contributed by atoms with Crippen molar-refractivity contribution in [3.63, 3.8) is 0 Å². The number of urea groups is 1. The van der Waals surface area contributed by atoms with Crippen LogP contribution in [0.25, 0.3) is 16.8 Å². The van der Waals surface area contributed by atoms with E-state index in [1.54, 1.807) is 0 Å². The zero-order valence-corrected chi connectivity index (χ0v) is 11.3. The molecule has 0 unspecified atom stereocenters. The van der Waals surface area contributed by atoms with Gasteiger partial charge >= 0.3 is 6.03 Å². The summed E-state index contributed by atoms with van der Waals surface area (Å²) in [5, 5.41) is 4.09. The lowest BCUT2D eigenvalue weighted by molar-refractivity contribution is -0.129. The average Bonchev–Trinajstić information content (AvgIpc) is 2.49. The summed E-state index contributed by atoms with van der Waals surface area (Å²) in [4.78, 5) is 36.2. The number of amides is 4. The van der Waals surface area contributed by atoms with Crippen LogP contribution in [0.3, 0.4) is 0 Å². The molecule has 0 aromatic heterocycles. The van der Waals surface area contributed by atoms with Gasteiger partial charge in [-0.15, -0.1) is 0 Å². The third-order valence-electron chi connectivity index (χ3n) is 3.43. The predicted octanol–water partition coefficient (Wildman–Crippen LogP) is 1.93. The first kappa shape index (κ1) is 13.1. The summed E-state index contributed by atoms with van der Waals surface area (Å²) in [5.41, 5.74) is 0.711. The highest BCUT2D eigenvalue weighted by Crippen LogP contribution is 2.22. The summed E-state index contributed by atoms with van der Waals surface area (Å²) in [6.45, 7) is 0. The molecule has 1 N–H and O–H groups in total. The summed E-state index contributed by atoms with van der Waals surface area (Å²) in [6.07, 6.45) is 1.52. The van der Waals surface area contributed by atoms with Crippen LogP contribution in [0, 0.1) is 0 Å². The monoisotopic (exact) mass is 280 g/mol. The molecule has 3 rings (SSSR count). The number of fused-ring (bicyclic) bond motifs is 1. The third-order valence-corrected chi connectivity index (χ3v) is 3.43. The van der Waals surface area contributed by atoms with Gasteiger partial charge in [-0.3, -0.25) is 19.8 Å². The van der Waals surface area contributed by atoms with Crippen molar-refractivity contribution in [1.82, 2.24) is 10.2 Å². The minimum Gasteiger partial charge on any atom is -0.273 e. The second-order valence-electron chi connectivity index (χ2n) is 4.75. The molecule has 2 aromatic rings. The number of likely N-dealkylation sites (N-methyl/N-ethyl adjacent to an activating group) is 1. The average molecular weight is 280 g/mol. The van der Waals surface area contributed by atoms with Crippen molar-refractivity contribution in [2.24, 2.45) is 0 Å². The van der Waals surface area contributed by atoms with Crippen molar-refractivity contribution in [1.29, 1.82) is 0 Å². The van der Waals surface area contributed by atoms with Gasteiger partial charge in [0.25, 0.3) is 11.8 Å². The van der Waals surface area contributed by atoms with Crippen LogP contribution < -0.4 is 5.32 Å². The lowest BCUT2D eigenvalue weighted by atomic mass is 10.0. The second-order valence-corrected chi connectivity index (χ2v) is 4.75. The quantitative estimate of drug-likeness (QED) is 0.641. The van der Waals surface area contributed by atoms with Gasteiger partial charge in [0.15, 0.2) is 0 Å². The van der Waals surface area contributed by atoms with Gasteiger partial charge in [-0.25, -0.2) is 4.79 Å². The normalized spacial score (nSPS) is 17.5. The number of carbonyl (C=O) groups excluding carboxylic acids is 3. The van der Waals surface area contributed by atoms with Crippen LogP contribution in [0.15, 0.2) is 48.0 Å². The standard InChI is InChI=1S/C16H12N2O3/c1-18-15(20)13(14(19)17-16(18)21)9-11-7-4-6-10-5-2-3-8-12(10)11/h2-9H,1H3,(H,17,19,21). The fraction of sp³-hybridized carbons (Fsp3) is 0.0625. The van der Waals surface area contributed by atoms with Crippen molar-refractivity contribution in [3.8, 4) is 0 Å². The first-order valence-electron chi connectivity index (χ1n) is 6.41. The van der Waals surface area contributed by atoms with Crippen LogP contribution in [-0.2, 0) is 9.59 Å². The van der Waals surface area contributed by atoms with Crippen LogP contribution in [0.2, 0.25) is 0 Å². The molecule has 1 aliphatic rings. The summed E-state index contributed by atoms with van der Waals surface area (Å²) in [5.74, 6) is -1.27. The first-order valence-corrected chi connectivity index (χ1v) is 6.41. The Morgan fingerprint density at radius 1 is 1.00 bits per heavy atom. The topological polar surface area (TPSA) is 66.5 Å². The third kappa shape index (κ3) is 2.18. The van der Waals surface area contributed by atoms with Crippen molar-refractivity contribution >= 4 is 34.7 Å². The molecular weight excluding hydrogens is 268 g/mol. The molecule has 1 aliphatic heterocycles. The number of hydrogen-bond donors (Lipinski definition) is 1. The Kier molecular flexibility index (Phi) is 3.02. The molecule has 0 saturated carbocycles. The molecule has 104 valence electrons. The number of rotatable bonds is 1. The van der Waals surface area contributed by atoms with E-state index in [-0.39, 0.29) is 5.57 Å². The fourth-order valence-corrected chi connectivity index (χ4v) is 2.28. The van der Waals surface area contributed by atoms with Crippen LogP contribution in [0.4, 0.5) is 4.79 Å². The Morgan fingerprint density at radius 2 is 1.71 bits per heavy atom. The molecule has 4 amide bonds. The minimum atomic E-state index is -0.708. The molecule has 5 heteroatoms. The molecule has 0 bridgehead atoms. The fourth-order valence-electron chi connectivity index (χ4n) is 2.28. The second kappa shape index (κ2) is 4.86. The number of hydrogen-bond acceptors (Lipinski definition) is 3. The van der Waals surface area contributed by atoms with E-state index in [0.717, 1.165) is 21.2 Å². The van der Waals surface area contributed by atoms with Gasteiger partial charge < -0.3 is 0 Å². The van der Waals surface area contributed by atoms with Crippen LogP contribution >= 0.6 is 0 Å². The molecular formula is C16H12N2O3. The highest BCUT2D eigenvalue weighted by molar-refractivity contribution is 6.31. The molecule has 0 spiro atoms. The van der Waals surface area contributed by atoms with Crippen LogP contribution in [0.5, 0.6) is 0 Å². The predicted molar refractivity (Wildman–Crippen MR) is 78.2 cm³/mol. The molecule has 1 saturated heterocycles. The largest absolute Gasteiger partial charge is 0.331 e. The molecule has 1 fully saturated rings. The zero-order valence-electron chi connectivity index (χ0n) is 11.3. The number of nitrogens with one attached hydrogen (secondary N) is 1. The van der Waals surface area contributed by atoms with Gasteiger partial charge in [0.1, 0.15) is 5.57 Å². The van der Waals surface area contributed by atoms with E-state index in [1.165, 1.54) is 13.1 Å². The summed E-state index contributed by atoms with van der Waals surface area (Å²) in [7, 11) is 1.33. The van der Waals surface area contributed by atoms with Crippen molar-refractivity contribution in [2.45, 2.75) is 0 Å². The molecule has 0 radical (unpaired) electrons. The maximum absolute atomic E-state index is 12.1. The van der Waals surface area contributed by atoms with Gasteiger partial charge in [-0.1, -0.05) is 42.5 Å². The van der Waals surface area contributed by atoms with E-state index in [4.69, 9.17) is 0 Å². The SMILES string of the molecule is CN1C(=O)NC(=O)C(=Cc2cccc3ccccc23)C1=O. The summed E-state index contributed by atoms with van der Waals surface area (Å²) in [6, 6.07) is 12.6. The molecule has 0 aliphatic carbocycles. The van der Waals surface area contributed by atoms with Gasteiger partial charge in [0.05, 0.1) is 0 Å². The van der Waals surface area contributed by atoms with Crippen molar-refractivity contribution in [3.05, 3.63) is 53.6 Å². The van der Waals surface area contributed by atoms with Crippen molar-refractivity contribution < 1.29 is 14.4 Å². The number of carbonyl (C=O) groups is 3. The maximum atomic E-state index is 12.1. The molecule has 1 heterocycles. The molecule has 0 atom stereocenters. The van der Waals surface area contributed by atoms with Crippen LogP contribution in [0.1, 0.15) is 5.56 Å². The van der Waals surface area contributed by atoms with E-state index in [0.29, 0.717) is 0 Å². The Balaban J connectivity index is 2.13. The van der Waals surface area contributed by atoms with E-state index in [1.807, 2.05) is 42.5 Å². The highest BCUT2D eigenvalue weighted by atomic mass is 16.2. The highest BCUT2D eigenvalue weighted by Gasteiger charge is 2.33. The van der Waals surface area contributed by atoms with E-state index in [9.17, 15) is 14.4 Å². The molecule has 5 nitrogen and oxygen atoms in total. The Labute approximate surface area is 120 Å². The number of imide groups is 2. The Hall–Kier alpha value is -2.95. The van der Waals surface area contributed by atoms with Gasteiger partial charge in [-0.2, -0.15) is 0 Å². The first-order chi connectivity index (χ1) is 10.1. The molecule has 21 heavy (non-hydrogen) atoms. The summed E-state index contributed by atoms with van der Waals surface area (Å²) >= 11 is 0. The van der Waals surface area contributed by atoms with E-state index in [2.05, 4.69) is 5.32 Å². The van der Waals surface area contributed by atoms with Gasteiger partial charge in [0.2, 0.25) is 0 Å². The van der Waals surface area contributed by atoms with Crippen molar-refractivity contribution in [2.75, 3.05) is 7.05 Å². The lowest BCUT2D eigenvalue weighted by Crippen LogP contribution is -2.52. The Morgan fingerprint density at radius 3 is 2.52 bits per heavy atom. The number of barbiturate groups is 1. The molecule has 2 aromatic carbocycles. The van der Waals surface area contributed by atoms with Gasteiger partial charge in [0, 0.05) is 7.05 Å². The minimum absolute atomic E-state index is 0.0477. The Bertz CT molecular complexity index is 803. The maximum Gasteiger partial charge on any atom is 0.331 e. The lowest BCUT2D eigenvalue weighted by Gasteiger charge is -2.22.